The standard InChI is InChI=1S/C14H18F3N3O/c15-14(16,17)21-12-7-3-2-6-11(12)10-19-13(18)20-8-4-1-5-9-20/h2-3,6-7H,1,4-5,8-10H2,(H2,18,19). The first-order valence-electron chi connectivity index (χ1n) is 6.84. The molecule has 1 aromatic rings. The van der Waals surface area contributed by atoms with Crippen molar-refractivity contribution >= 4 is 5.96 Å². The van der Waals surface area contributed by atoms with Crippen LogP contribution in [0.25, 0.3) is 0 Å². The molecule has 2 N–H and O–H groups in total. The molecule has 0 aliphatic carbocycles. The maximum atomic E-state index is 12.3. The molecule has 0 saturated carbocycles. The van der Waals surface area contributed by atoms with Crippen LogP contribution in [0, 0.1) is 0 Å². The highest BCUT2D eigenvalue weighted by Gasteiger charge is 2.31. The normalized spacial score (nSPS) is 16.9. The number of likely N-dealkylation sites (tertiary alicyclic amines) is 1. The second-order valence-corrected chi connectivity index (χ2v) is 4.88. The number of nitrogens with two attached hydrogens (primary N) is 1. The first kappa shape index (κ1) is 15.5. The first-order chi connectivity index (χ1) is 9.96. The molecule has 0 radical (unpaired) electrons. The van der Waals surface area contributed by atoms with E-state index in [0.29, 0.717) is 11.5 Å². The van der Waals surface area contributed by atoms with Gasteiger partial charge >= 0.3 is 6.36 Å². The average molecular weight is 301 g/mol. The summed E-state index contributed by atoms with van der Waals surface area (Å²) in [6.07, 6.45) is -1.42. The lowest BCUT2D eigenvalue weighted by Gasteiger charge is -2.27. The summed E-state index contributed by atoms with van der Waals surface area (Å²) >= 11 is 0. The third-order valence-corrected chi connectivity index (χ3v) is 3.29. The molecule has 1 aliphatic rings. The van der Waals surface area contributed by atoms with E-state index in [1.165, 1.54) is 18.6 Å². The summed E-state index contributed by atoms with van der Waals surface area (Å²) in [4.78, 5) is 6.14. The highest BCUT2D eigenvalue weighted by Crippen LogP contribution is 2.26. The van der Waals surface area contributed by atoms with Gasteiger partial charge in [0.05, 0.1) is 6.54 Å². The molecule has 0 spiro atoms. The second-order valence-electron chi connectivity index (χ2n) is 4.88. The zero-order chi connectivity index (χ0) is 15.3. The summed E-state index contributed by atoms with van der Waals surface area (Å²) in [5, 5.41) is 0. The fourth-order valence-corrected chi connectivity index (χ4v) is 2.25. The maximum absolute atomic E-state index is 12.3. The fourth-order valence-electron chi connectivity index (χ4n) is 2.25. The zero-order valence-corrected chi connectivity index (χ0v) is 11.6. The van der Waals surface area contributed by atoms with Crippen molar-refractivity contribution in [3.63, 3.8) is 0 Å². The minimum atomic E-state index is -4.71. The Balaban J connectivity index is 2.05. The molecular weight excluding hydrogens is 283 g/mol. The van der Waals surface area contributed by atoms with Crippen molar-refractivity contribution in [2.75, 3.05) is 13.1 Å². The van der Waals surface area contributed by atoms with E-state index in [1.807, 2.05) is 4.90 Å². The number of benzene rings is 1. The quantitative estimate of drug-likeness (QED) is 0.690. The number of nitrogens with zero attached hydrogens (tertiary/aromatic N) is 2. The van der Waals surface area contributed by atoms with Crippen LogP contribution >= 0.6 is 0 Å². The number of aliphatic imine (C=N–C) groups is 1. The number of hydrogen-bond acceptors (Lipinski definition) is 2. The third kappa shape index (κ3) is 4.84. The molecule has 1 fully saturated rings. The minimum Gasteiger partial charge on any atom is -0.405 e. The zero-order valence-electron chi connectivity index (χ0n) is 11.6. The van der Waals surface area contributed by atoms with E-state index in [4.69, 9.17) is 5.73 Å². The van der Waals surface area contributed by atoms with Gasteiger partial charge in [-0.05, 0) is 25.3 Å². The Morgan fingerprint density at radius 2 is 1.86 bits per heavy atom. The van der Waals surface area contributed by atoms with E-state index in [2.05, 4.69) is 9.73 Å². The van der Waals surface area contributed by atoms with Gasteiger partial charge < -0.3 is 15.4 Å². The van der Waals surface area contributed by atoms with Gasteiger partial charge in [-0.2, -0.15) is 0 Å². The second kappa shape index (κ2) is 6.69. The molecule has 0 bridgehead atoms. The number of guanidine groups is 1. The molecule has 0 atom stereocenters. The molecule has 0 amide bonds. The van der Waals surface area contributed by atoms with Crippen LogP contribution in [0.15, 0.2) is 29.3 Å². The van der Waals surface area contributed by atoms with Gasteiger partial charge in [0, 0.05) is 18.7 Å². The Morgan fingerprint density at radius 1 is 1.19 bits per heavy atom. The summed E-state index contributed by atoms with van der Waals surface area (Å²) in [5.41, 5.74) is 6.24. The average Bonchev–Trinajstić information content (AvgIpc) is 2.45. The van der Waals surface area contributed by atoms with Crippen LogP contribution in [-0.4, -0.2) is 30.3 Å². The summed E-state index contributed by atoms with van der Waals surface area (Å²) in [7, 11) is 0. The van der Waals surface area contributed by atoms with Crippen molar-refractivity contribution in [1.29, 1.82) is 0 Å². The monoisotopic (exact) mass is 301 g/mol. The summed E-state index contributed by atoms with van der Waals surface area (Å²) in [5.74, 6) is 0.136. The van der Waals surface area contributed by atoms with Gasteiger partial charge in [0.15, 0.2) is 5.96 Å². The predicted octanol–water partition coefficient (Wildman–Crippen LogP) is 2.89. The molecule has 0 aromatic heterocycles. The Bertz CT molecular complexity index is 496. The van der Waals surface area contributed by atoms with Crippen LogP contribution in [0.1, 0.15) is 24.8 Å². The SMILES string of the molecule is NC(=NCc1ccccc1OC(F)(F)F)N1CCCCC1. The summed E-state index contributed by atoms with van der Waals surface area (Å²) in [6.45, 7) is 1.75. The Hall–Kier alpha value is -1.92. The molecule has 1 aromatic carbocycles. The number of alkyl halides is 3. The van der Waals surface area contributed by atoms with Gasteiger partial charge in [0.2, 0.25) is 0 Å². The topological polar surface area (TPSA) is 50.9 Å². The van der Waals surface area contributed by atoms with Gasteiger partial charge in [-0.1, -0.05) is 18.2 Å². The maximum Gasteiger partial charge on any atom is 0.573 e. The van der Waals surface area contributed by atoms with Gasteiger partial charge in [-0.3, -0.25) is 0 Å². The van der Waals surface area contributed by atoms with Crippen LogP contribution in [0.4, 0.5) is 13.2 Å². The lowest BCUT2D eigenvalue weighted by molar-refractivity contribution is -0.274. The molecule has 116 valence electrons. The minimum absolute atomic E-state index is 0.0641. The molecule has 1 heterocycles. The van der Waals surface area contributed by atoms with E-state index in [9.17, 15) is 13.2 Å². The predicted molar refractivity (Wildman–Crippen MR) is 73.9 cm³/mol. The van der Waals surface area contributed by atoms with Gasteiger partial charge in [0.25, 0.3) is 0 Å². The van der Waals surface area contributed by atoms with Gasteiger partial charge in [0.1, 0.15) is 5.75 Å². The van der Waals surface area contributed by atoms with Crippen LogP contribution < -0.4 is 10.5 Å². The number of halogens is 3. The number of piperidine rings is 1. The smallest absolute Gasteiger partial charge is 0.405 e. The summed E-state index contributed by atoms with van der Waals surface area (Å²) in [6, 6.07) is 5.96. The third-order valence-electron chi connectivity index (χ3n) is 3.29. The Kier molecular flexibility index (Phi) is 4.93. The number of ether oxygens (including phenoxy) is 1. The molecule has 0 unspecified atom stereocenters. The largest absolute Gasteiger partial charge is 0.573 e. The van der Waals surface area contributed by atoms with Crippen molar-refractivity contribution in [3.8, 4) is 5.75 Å². The molecule has 1 saturated heterocycles. The van der Waals surface area contributed by atoms with Crippen LogP contribution in [0.2, 0.25) is 0 Å². The van der Waals surface area contributed by atoms with Crippen molar-refractivity contribution in [3.05, 3.63) is 29.8 Å². The Morgan fingerprint density at radius 3 is 2.52 bits per heavy atom. The molecule has 4 nitrogen and oxygen atoms in total. The van der Waals surface area contributed by atoms with Crippen molar-refractivity contribution < 1.29 is 17.9 Å². The number of para-hydroxylation sites is 1. The van der Waals surface area contributed by atoms with E-state index in [1.54, 1.807) is 12.1 Å². The van der Waals surface area contributed by atoms with E-state index >= 15 is 0 Å². The van der Waals surface area contributed by atoms with E-state index in [-0.39, 0.29) is 12.3 Å². The molecule has 7 heteroatoms. The van der Waals surface area contributed by atoms with Crippen LogP contribution in [0.3, 0.4) is 0 Å². The van der Waals surface area contributed by atoms with Gasteiger partial charge in [-0.25, -0.2) is 4.99 Å². The Labute approximate surface area is 121 Å². The van der Waals surface area contributed by atoms with E-state index in [0.717, 1.165) is 25.9 Å². The van der Waals surface area contributed by atoms with Crippen molar-refractivity contribution in [2.24, 2.45) is 10.7 Å². The number of rotatable bonds is 3. The van der Waals surface area contributed by atoms with E-state index < -0.39 is 6.36 Å². The summed E-state index contributed by atoms with van der Waals surface area (Å²) < 4.78 is 40.9. The fraction of sp³-hybridized carbons (Fsp3) is 0.500. The lowest BCUT2D eigenvalue weighted by Crippen LogP contribution is -2.40. The first-order valence-corrected chi connectivity index (χ1v) is 6.84. The molecule has 21 heavy (non-hydrogen) atoms. The highest BCUT2D eigenvalue weighted by molar-refractivity contribution is 5.78. The highest BCUT2D eigenvalue weighted by atomic mass is 19.4. The molecule has 1 aliphatic heterocycles. The molecule has 2 rings (SSSR count). The molecular formula is C14H18F3N3O. The van der Waals surface area contributed by atoms with Crippen molar-refractivity contribution in [1.82, 2.24) is 4.90 Å². The van der Waals surface area contributed by atoms with Crippen molar-refractivity contribution in [2.45, 2.75) is 32.2 Å². The van der Waals surface area contributed by atoms with Gasteiger partial charge in [-0.15, -0.1) is 13.2 Å². The van der Waals surface area contributed by atoms with Crippen LogP contribution in [-0.2, 0) is 6.54 Å². The number of hydrogen-bond donors (Lipinski definition) is 1. The lowest BCUT2D eigenvalue weighted by atomic mass is 10.1. The van der Waals surface area contributed by atoms with Crippen LogP contribution in [0.5, 0.6) is 5.75 Å².